The number of hydrogen-bond acceptors (Lipinski definition) is 2. The van der Waals surface area contributed by atoms with Crippen LogP contribution in [0.15, 0.2) is 18.2 Å². The summed E-state index contributed by atoms with van der Waals surface area (Å²) in [5.41, 5.74) is -0.480. The number of nitrogens with one attached hydrogen (secondary N) is 1. The van der Waals surface area contributed by atoms with Gasteiger partial charge in [0.1, 0.15) is 13.9 Å². The van der Waals surface area contributed by atoms with Crippen molar-refractivity contribution in [3.63, 3.8) is 0 Å². The maximum Gasteiger partial charge on any atom is 0.511 e. The quantitative estimate of drug-likeness (QED) is 0.344. The first-order chi connectivity index (χ1) is 13.2. The van der Waals surface area contributed by atoms with Crippen molar-refractivity contribution in [2.24, 2.45) is 0 Å². The zero-order valence-electron chi connectivity index (χ0n) is 17.6. The van der Waals surface area contributed by atoms with Gasteiger partial charge in [0.05, 0.1) is 5.56 Å². The van der Waals surface area contributed by atoms with Gasteiger partial charge in [-0.2, -0.15) is 13.2 Å². The van der Waals surface area contributed by atoms with E-state index in [2.05, 4.69) is 53.0 Å². The summed E-state index contributed by atoms with van der Waals surface area (Å²) < 4.78 is 75.6. The Morgan fingerprint density at radius 3 is 2.00 bits per heavy atom. The van der Waals surface area contributed by atoms with E-state index in [9.17, 15) is 26.0 Å². The van der Waals surface area contributed by atoms with Crippen LogP contribution in [-0.2, 0) is 16.4 Å². The molecule has 1 rings (SSSR count). The zero-order chi connectivity index (χ0) is 22.6. The van der Waals surface area contributed by atoms with Crippen LogP contribution >= 0.6 is 0 Å². The molecule has 0 bridgehead atoms. The molecule has 0 fully saturated rings. The minimum absolute atomic E-state index is 0.101. The van der Waals surface area contributed by atoms with Gasteiger partial charge in [-0.3, -0.25) is 0 Å². The Hall–Kier alpha value is -1.37. The standard InChI is InChI=1S/C20H29F4NO2SSi/c1-14(2)29(15(3)4,16(5)6)13-11-18-17(8-7-9-19(18)21)10-12-25-28(26,27)20(22,23)24/h7-9,14-16,25H,10,12H2,1-6H3. The molecule has 0 unspecified atom stereocenters. The Labute approximate surface area is 172 Å². The molecule has 1 N–H and O–H groups in total. The largest absolute Gasteiger partial charge is 0.511 e. The van der Waals surface area contributed by atoms with Crippen LogP contribution in [0, 0.1) is 17.3 Å². The summed E-state index contributed by atoms with van der Waals surface area (Å²) in [6.45, 7) is 12.2. The van der Waals surface area contributed by atoms with Gasteiger partial charge in [-0.05, 0) is 34.7 Å². The Bertz CT molecular complexity index is 847. The van der Waals surface area contributed by atoms with Crippen molar-refractivity contribution < 1.29 is 26.0 Å². The molecular weight excluding hydrogens is 422 g/mol. The summed E-state index contributed by atoms with van der Waals surface area (Å²) in [5.74, 6) is 2.42. The lowest BCUT2D eigenvalue weighted by Crippen LogP contribution is -2.43. The molecule has 164 valence electrons. The van der Waals surface area contributed by atoms with Gasteiger partial charge in [0.2, 0.25) is 0 Å². The molecule has 9 heteroatoms. The monoisotopic (exact) mass is 451 g/mol. The maximum atomic E-state index is 14.5. The predicted molar refractivity (Wildman–Crippen MR) is 111 cm³/mol. The number of alkyl halides is 3. The number of benzene rings is 1. The fourth-order valence-electron chi connectivity index (χ4n) is 3.92. The van der Waals surface area contributed by atoms with Crippen LogP contribution in [0.5, 0.6) is 0 Å². The van der Waals surface area contributed by atoms with E-state index < -0.39 is 36.0 Å². The third-order valence-electron chi connectivity index (χ3n) is 5.36. The van der Waals surface area contributed by atoms with Gasteiger partial charge in [0, 0.05) is 6.54 Å². The highest BCUT2D eigenvalue weighted by Crippen LogP contribution is 2.40. The second kappa shape index (κ2) is 9.62. The molecule has 0 aromatic heterocycles. The summed E-state index contributed by atoms with van der Waals surface area (Å²) in [4.78, 5) is 0. The average Bonchev–Trinajstić information content (AvgIpc) is 2.55. The molecule has 0 aliphatic carbocycles. The molecule has 0 spiro atoms. The Morgan fingerprint density at radius 1 is 1.03 bits per heavy atom. The fraction of sp³-hybridized carbons (Fsp3) is 0.600. The lowest BCUT2D eigenvalue weighted by Gasteiger charge is -2.38. The minimum atomic E-state index is -5.43. The van der Waals surface area contributed by atoms with E-state index in [1.807, 2.05) is 0 Å². The van der Waals surface area contributed by atoms with E-state index >= 15 is 0 Å². The summed E-state index contributed by atoms with van der Waals surface area (Å²) in [7, 11) is -7.56. The van der Waals surface area contributed by atoms with Crippen molar-refractivity contribution in [2.75, 3.05) is 6.54 Å². The van der Waals surface area contributed by atoms with Crippen LogP contribution in [0.1, 0.15) is 52.7 Å². The van der Waals surface area contributed by atoms with Gasteiger partial charge >= 0.3 is 15.5 Å². The third kappa shape index (κ3) is 5.83. The lowest BCUT2D eigenvalue weighted by molar-refractivity contribution is -0.0447. The highest BCUT2D eigenvalue weighted by Gasteiger charge is 2.45. The van der Waals surface area contributed by atoms with Crippen LogP contribution in [0.4, 0.5) is 17.6 Å². The molecule has 0 atom stereocenters. The maximum absolute atomic E-state index is 14.5. The lowest BCUT2D eigenvalue weighted by atomic mass is 10.0. The molecule has 3 nitrogen and oxygen atoms in total. The molecule has 0 heterocycles. The van der Waals surface area contributed by atoms with Crippen molar-refractivity contribution in [3.05, 3.63) is 35.1 Å². The Kier molecular flexibility index (Phi) is 8.52. The van der Waals surface area contributed by atoms with E-state index in [0.717, 1.165) is 0 Å². The molecule has 0 aliphatic rings. The average molecular weight is 452 g/mol. The highest BCUT2D eigenvalue weighted by molar-refractivity contribution is 7.90. The van der Waals surface area contributed by atoms with Gasteiger partial charge in [-0.25, -0.2) is 17.5 Å². The molecule has 0 saturated carbocycles. The highest BCUT2D eigenvalue weighted by atomic mass is 32.2. The first kappa shape index (κ1) is 25.7. The number of rotatable bonds is 7. The van der Waals surface area contributed by atoms with Gasteiger partial charge in [-0.1, -0.05) is 59.6 Å². The zero-order valence-corrected chi connectivity index (χ0v) is 19.4. The minimum Gasteiger partial charge on any atom is -0.207 e. The predicted octanol–water partition coefficient (Wildman–Crippen LogP) is 5.38. The Balaban J connectivity index is 3.26. The molecule has 0 saturated heterocycles. The van der Waals surface area contributed by atoms with Gasteiger partial charge in [-0.15, -0.1) is 5.54 Å². The van der Waals surface area contributed by atoms with E-state index in [1.54, 1.807) is 6.07 Å². The van der Waals surface area contributed by atoms with E-state index in [0.29, 0.717) is 22.2 Å². The first-order valence-corrected chi connectivity index (χ1v) is 13.2. The number of hydrogen-bond donors (Lipinski definition) is 1. The number of halogens is 4. The molecular formula is C20H29F4NO2SSi. The normalized spacial score (nSPS) is 13.1. The van der Waals surface area contributed by atoms with Crippen LogP contribution in [-0.4, -0.2) is 28.5 Å². The topological polar surface area (TPSA) is 46.2 Å². The second-order valence-electron chi connectivity index (χ2n) is 8.01. The van der Waals surface area contributed by atoms with Gasteiger partial charge in [0.25, 0.3) is 0 Å². The van der Waals surface area contributed by atoms with Crippen molar-refractivity contribution in [3.8, 4) is 11.5 Å². The van der Waals surface area contributed by atoms with Crippen molar-refractivity contribution in [1.29, 1.82) is 0 Å². The fourth-order valence-corrected chi connectivity index (χ4v) is 9.66. The SMILES string of the molecule is CC(C)[Si](C#Cc1c(F)cccc1CCNS(=O)(=O)C(F)(F)F)(C(C)C)C(C)C. The van der Waals surface area contributed by atoms with Crippen LogP contribution in [0.25, 0.3) is 0 Å². The van der Waals surface area contributed by atoms with Crippen molar-refractivity contribution in [2.45, 2.75) is 70.1 Å². The van der Waals surface area contributed by atoms with Crippen LogP contribution in [0.2, 0.25) is 16.6 Å². The van der Waals surface area contributed by atoms with Crippen molar-refractivity contribution >= 4 is 18.1 Å². The molecule has 29 heavy (non-hydrogen) atoms. The van der Waals surface area contributed by atoms with E-state index in [1.165, 1.54) is 16.9 Å². The number of sulfonamides is 1. The summed E-state index contributed by atoms with van der Waals surface area (Å²) in [6.07, 6.45) is -0.101. The second-order valence-corrected chi connectivity index (χ2v) is 15.4. The molecule has 0 aliphatic heterocycles. The summed E-state index contributed by atoms with van der Waals surface area (Å²) in [5, 5.41) is 0. The molecule has 0 amide bonds. The third-order valence-corrected chi connectivity index (χ3v) is 12.8. The molecule has 1 aromatic carbocycles. The molecule has 1 aromatic rings. The summed E-state index contributed by atoms with van der Waals surface area (Å²) in [6, 6.07) is 4.24. The van der Waals surface area contributed by atoms with Gasteiger partial charge < -0.3 is 0 Å². The van der Waals surface area contributed by atoms with E-state index in [-0.39, 0.29) is 12.0 Å². The van der Waals surface area contributed by atoms with Gasteiger partial charge in [0.15, 0.2) is 0 Å². The Morgan fingerprint density at radius 2 is 1.55 bits per heavy atom. The van der Waals surface area contributed by atoms with Crippen molar-refractivity contribution in [1.82, 2.24) is 4.72 Å². The first-order valence-electron chi connectivity index (χ1n) is 9.53. The van der Waals surface area contributed by atoms with E-state index in [4.69, 9.17) is 0 Å². The summed E-state index contributed by atoms with van der Waals surface area (Å²) >= 11 is 0. The molecule has 0 radical (unpaired) electrons. The smallest absolute Gasteiger partial charge is 0.207 e. The van der Waals surface area contributed by atoms with Crippen LogP contribution in [0.3, 0.4) is 0 Å². The van der Waals surface area contributed by atoms with Crippen LogP contribution < -0.4 is 4.72 Å².